The van der Waals surface area contributed by atoms with Crippen molar-refractivity contribution in [1.29, 1.82) is 5.26 Å². The first-order valence-electron chi connectivity index (χ1n) is 9.85. The zero-order valence-electron chi connectivity index (χ0n) is 17.1. The summed E-state index contributed by atoms with van der Waals surface area (Å²) in [6.45, 7) is 0. The standard InChI is InChI=1S/C21H20F4N4O3S/c22-15-6-4-14(5-7-15)18(21(23,24)25)28-17(19(30)29-20(13-26)8-9-20)12-33(31,32)11-16-3-1-2-10-27-16/h1-7,10,17-18,28H,8-9,11-12H2,(H,29,30)/t17-,18+/m0/s1. The van der Waals surface area contributed by atoms with E-state index in [1.807, 2.05) is 6.07 Å². The van der Waals surface area contributed by atoms with Crippen LogP contribution in [0.5, 0.6) is 0 Å². The fraction of sp³-hybridized carbons (Fsp3) is 0.381. The zero-order chi connectivity index (χ0) is 24.3. The summed E-state index contributed by atoms with van der Waals surface area (Å²) in [6.07, 6.45) is -2.94. The maximum absolute atomic E-state index is 13.8. The topological polar surface area (TPSA) is 112 Å². The number of alkyl halides is 3. The highest BCUT2D eigenvalue weighted by Crippen LogP contribution is 2.35. The molecule has 0 unspecified atom stereocenters. The fourth-order valence-electron chi connectivity index (χ4n) is 3.17. The first-order chi connectivity index (χ1) is 15.4. The molecule has 3 rings (SSSR count). The van der Waals surface area contributed by atoms with Crippen LogP contribution in [-0.2, 0) is 20.4 Å². The maximum Gasteiger partial charge on any atom is 0.407 e. The van der Waals surface area contributed by atoms with Gasteiger partial charge in [0.25, 0.3) is 0 Å². The van der Waals surface area contributed by atoms with Crippen LogP contribution in [0.25, 0.3) is 0 Å². The normalized spacial score (nSPS) is 16.9. The first-order valence-corrected chi connectivity index (χ1v) is 11.7. The Morgan fingerprint density at radius 3 is 2.36 bits per heavy atom. The average molecular weight is 484 g/mol. The highest BCUT2D eigenvalue weighted by molar-refractivity contribution is 7.90. The van der Waals surface area contributed by atoms with Gasteiger partial charge >= 0.3 is 6.18 Å². The molecule has 1 aromatic carbocycles. The van der Waals surface area contributed by atoms with Crippen molar-refractivity contribution in [2.45, 2.75) is 42.4 Å². The highest BCUT2D eigenvalue weighted by Gasteiger charge is 2.48. The van der Waals surface area contributed by atoms with Crippen molar-refractivity contribution in [3.05, 3.63) is 65.7 Å². The summed E-state index contributed by atoms with van der Waals surface area (Å²) in [4.78, 5) is 16.7. The Kier molecular flexibility index (Phi) is 7.04. The van der Waals surface area contributed by atoms with Crippen molar-refractivity contribution in [2.24, 2.45) is 0 Å². The smallest absolute Gasteiger partial charge is 0.336 e. The summed E-state index contributed by atoms with van der Waals surface area (Å²) in [5, 5.41) is 13.6. The van der Waals surface area contributed by atoms with Crippen molar-refractivity contribution >= 4 is 15.7 Å². The number of pyridine rings is 1. The van der Waals surface area contributed by atoms with Gasteiger partial charge in [-0.25, -0.2) is 12.8 Å². The van der Waals surface area contributed by atoms with Gasteiger partial charge in [0.2, 0.25) is 5.91 Å². The Morgan fingerprint density at radius 1 is 1.18 bits per heavy atom. The van der Waals surface area contributed by atoms with Gasteiger partial charge in [0.05, 0.1) is 23.3 Å². The Bertz CT molecular complexity index is 1130. The summed E-state index contributed by atoms with van der Waals surface area (Å²) in [5.74, 6) is -3.35. The molecule has 1 fully saturated rings. The number of hydrogen-bond donors (Lipinski definition) is 2. The van der Waals surface area contributed by atoms with E-state index in [9.17, 15) is 36.0 Å². The number of nitrogens with one attached hydrogen (secondary N) is 2. The van der Waals surface area contributed by atoms with Gasteiger partial charge < -0.3 is 5.32 Å². The van der Waals surface area contributed by atoms with Gasteiger partial charge in [-0.15, -0.1) is 0 Å². The van der Waals surface area contributed by atoms with Crippen LogP contribution in [0.3, 0.4) is 0 Å². The average Bonchev–Trinajstić information content (AvgIpc) is 3.51. The number of halogens is 4. The van der Waals surface area contributed by atoms with E-state index in [1.54, 1.807) is 12.1 Å². The number of amides is 1. The molecule has 176 valence electrons. The summed E-state index contributed by atoms with van der Waals surface area (Å²) in [5.41, 5.74) is -1.45. The summed E-state index contributed by atoms with van der Waals surface area (Å²) >= 11 is 0. The van der Waals surface area contributed by atoms with Gasteiger partial charge in [0, 0.05) is 6.20 Å². The molecule has 0 spiro atoms. The van der Waals surface area contributed by atoms with E-state index in [-0.39, 0.29) is 5.69 Å². The molecule has 0 bridgehead atoms. The lowest BCUT2D eigenvalue weighted by atomic mass is 10.0. The molecule has 1 aliphatic carbocycles. The first kappa shape index (κ1) is 24.6. The van der Waals surface area contributed by atoms with Gasteiger partial charge in [0.1, 0.15) is 23.4 Å². The second kappa shape index (κ2) is 9.44. The van der Waals surface area contributed by atoms with Crippen LogP contribution in [0.4, 0.5) is 17.6 Å². The van der Waals surface area contributed by atoms with Crippen molar-refractivity contribution in [3.63, 3.8) is 0 Å². The fourth-order valence-corrected chi connectivity index (χ4v) is 4.66. The highest BCUT2D eigenvalue weighted by atomic mass is 32.2. The number of nitrogens with zero attached hydrogens (tertiary/aromatic N) is 2. The van der Waals surface area contributed by atoms with Crippen LogP contribution >= 0.6 is 0 Å². The molecule has 0 aliphatic heterocycles. The van der Waals surface area contributed by atoms with Crippen molar-refractivity contribution in [3.8, 4) is 6.07 Å². The quantitative estimate of drug-likeness (QED) is 0.529. The molecule has 12 heteroatoms. The molecule has 33 heavy (non-hydrogen) atoms. The SMILES string of the molecule is N#CC1(NC(=O)[C@H](CS(=O)(=O)Cc2ccccn2)N[C@H](c2ccc(F)cc2)C(F)(F)F)CC1. The predicted octanol–water partition coefficient (Wildman–Crippen LogP) is 2.57. The molecule has 2 N–H and O–H groups in total. The molecular weight excluding hydrogens is 464 g/mol. The minimum absolute atomic E-state index is 0.165. The second-order valence-corrected chi connectivity index (χ2v) is 9.91. The van der Waals surface area contributed by atoms with E-state index in [4.69, 9.17) is 0 Å². The van der Waals surface area contributed by atoms with E-state index in [0.29, 0.717) is 12.8 Å². The van der Waals surface area contributed by atoms with Gasteiger partial charge in [-0.2, -0.15) is 18.4 Å². The minimum atomic E-state index is -4.92. The number of rotatable bonds is 9. The summed E-state index contributed by atoms with van der Waals surface area (Å²) < 4.78 is 80.1. The van der Waals surface area contributed by atoms with E-state index < -0.39 is 62.4 Å². The number of benzene rings is 1. The molecule has 2 atom stereocenters. The molecular formula is C21H20F4N4O3S. The minimum Gasteiger partial charge on any atom is -0.336 e. The van der Waals surface area contributed by atoms with Gasteiger partial charge in [0.15, 0.2) is 9.84 Å². The Morgan fingerprint density at radius 2 is 1.85 bits per heavy atom. The van der Waals surface area contributed by atoms with Crippen molar-refractivity contribution < 1.29 is 30.8 Å². The summed E-state index contributed by atoms with van der Waals surface area (Å²) in [6, 6.07) is 5.62. The van der Waals surface area contributed by atoms with E-state index in [1.165, 1.54) is 12.3 Å². The van der Waals surface area contributed by atoms with Gasteiger partial charge in [-0.3, -0.25) is 15.1 Å². The molecule has 1 heterocycles. The molecule has 1 saturated carbocycles. The maximum atomic E-state index is 13.8. The Hall–Kier alpha value is -3.04. The molecule has 1 amide bonds. The van der Waals surface area contributed by atoms with Crippen LogP contribution in [0.1, 0.15) is 30.1 Å². The van der Waals surface area contributed by atoms with Crippen LogP contribution < -0.4 is 10.6 Å². The lowest BCUT2D eigenvalue weighted by Crippen LogP contribution is -2.54. The Labute approximate surface area is 187 Å². The van der Waals surface area contributed by atoms with Crippen LogP contribution in [-0.4, -0.2) is 42.8 Å². The van der Waals surface area contributed by atoms with Crippen molar-refractivity contribution in [2.75, 3.05) is 5.75 Å². The molecule has 1 aliphatic rings. The third kappa shape index (κ3) is 6.72. The largest absolute Gasteiger partial charge is 0.407 e. The van der Waals surface area contributed by atoms with Crippen molar-refractivity contribution in [1.82, 2.24) is 15.6 Å². The van der Waals surface area contributed by atoms with Gasteiger partial charge in [-0.1, -0.05) is 18.2 Å². The lowest BCUT2D eigenvalue weighted by Gasteiger charge is -2.28. The van der Waals surface area contributed by atoms with E-state index in [0.717, 1.165) is 24.3 Å². The van der Waals surface area contributed by atoms with Crippen LogP contribution in [0.15, 0.2) is 48.7 Å². The van der Waals surface area contributed by atoms with E-state index in [2.05, 4.69) is 15.6 Å². The van der Waals surface area contributed by atoms with Gasteiger partial charge in [-0.05, 0) is 42.7 Å². The molecule has 0 saturated heterocycles. The predicted molar refractivity (Wildman–Crippen MR) is 110 cm³/mol. The second-order valence-electron chi connectivity index (χ2n) is 7.80. The number of sulfone groups is 1. The number of nitriles is 1. The van der Waals surface area contributed by atoms with E-state index >= 15 is 0 Å². The van der Waals surface area contributed by atoms with Crippen LogP contribution in [0, 0.1) is 17.1 Å². The summed E-state index contributed by atoms with van der Waals surface area (Å²) in [7, 11) is -4.10. The molecule has 2 aromatic rings. The molecule has 7 nitrogen and oxygen atoms in total. The molecule has 1 aromatic heterocycles. The van der Waals surface area contributed by atoms with Crippen LogP contribution in [0.2, 0.25) is 0 Å². The third-order valence-corrected chi connectivity index (χ3v) is 6.63. The zero-order valence-corrected chi connectivity index (χ0v) is 18.0. The number of carbonyl (C=O) groups excluding carboxylic acids is 1. The molecule has 0 radical (unpaired) electrons. The number of carbonyl (C=O) groups is 1. The number of aromatic nitrogens is 1. The lowest BCUT2D eigenvalue weighted by molar-refractivity contribution is -0.160. The third-order valence-electron chi connectivity index (χ3n) is 5.06. The monoisotopic (exact) mass is 484 g/mol. The number of hydrogen-bond acceptors (Lipinski definition) is 6. The Balaban J connectivity index is 1.89.